The van der Waals surface area contributed by atoms with Crippen molar-refractivity contribution in [1.29, 1.82) is 0 Å². The summed E-state index contributed by atoms with van der Waals surface area (Å²) in [5.41, 5.74) is 5.30. The first-order valence-electron chi connectivity index (χ1n) is 16.7. The third kappa shape index (κ3) is 8.84. The molecular formula is C37H40N6O6. The SMILES string of the molecule is COCCOc1ccc(-c2cn3nc(OCC4CC4)ccc3n2)cc1.OCCOc1ccc(-c2cn3nc(OCC4CC4)ccc3n2)cc1. The van der Waals surface area contributed by atoms with E-state index in [2.05, 4.69) is 20.2 Å². The first-order valence-corrected chi connectivity index (χ1v) is 16.7. The Bertz CT molecular complexity index is 1950. The number of imidazole rings is 2. The van der Waals surface area contributed by atoms with E-state index in [-0.39, 0.29) is 6.61 Å². The van der Waals surface area contributed by atoms with E-state index in [9.17, 15) is 0 Å². The van der Waals surface area contributed by atoms with Gasteiger partial charge in [0.15, 0.2) is 11.3 Å². The molecule has 0 spiro atoms. The molecule has 0 atom stereocenters. The van der Waals surface area contributed by atoms with Crippen molar-refractivity contribution < 1.29 is 28.8 Å². The first-order chi connectivity index (χ1) is 24.1. The minimum absolute atomic E-state index is 0.00497. The molecule has 4 aromatic heterocycles. The van der Waals surface area contributed by atoms with Gasteiger partial charge < -0.3 is 28.8 Å². The Morgan fingerprint density at radius 1 is 0.592 bits per heavy atom. The number of fused-ring (bicyclic) bond motifs is 2. The predicted octanol–water partition coefficient (Wildman–Crippen LogP) is 5.77. The van der Waals surface area contributed by atoms with Crippen LogP contribution in [0.4, 0.5) is 0 Å². The normalized spacial score (nSPS) is 14.0. The third-order valence-electron chi connectivity index (χ3n) is 8.14. The van der Waals surface area contributed by atoms with Crippen LogP contribution in [0.3, 0.4) is 0 Å². The number of rotatable bonds is 15. The summed E-state index contributed by atoms with van der Waals surface area (Å²) in [6.45, 7) is 2.91. The predicted molar refractivity (Wildman–Crippen MR) is 183 cm³/mol. The monoisotopic (exact) mass is 664 g/mol. The molecule has 254 valence electrons. The van der Waals surface area contributed by atoms with E-state index in [1.54, 1.807) is 16.1 Å². The Kier molecular flexibility index (Phi) is 10.1. The Morgan fingerprint density at radius 2 is 1.06 bits per heavy atom. The lowest BCUT2D eigenvalue weighted by Crippen LogP contribution is -2.03. The van der Waals surface area contributed by atoms with Crippen molar-refractivity contribution in [3.63, 3.8) is 0 Å². The molecule has 2 aromatic carbocycles. The minimum atomic E-state index is 0.00497. The second kappa shape index (κ2) is 15.3. The molecule has 2 saturated carbocycles. The second-order valence-electron chi connectivity index (χ2n) is 12.2. The van der Waals surface area contributed by atoms with Crippen molar-refractivity contribution in [2.45, 2.75) is 25.7 Å². The van der Waals surface area contributed by atoms with Gasteiger partial charge in [0.05, 0.1) is 50.2 Å². The van der Waals surface area contributed by atoms with Crippen molar-refractivity contribution in [2.24, 2.45) is 11.8 Å². The summed E-state index contributed by atoms with van der Waals surface area (Å²) in [6.07, 6.45) is 8.86. The highest BCUT2D eigenvalue weighted by molar-refractivity contribution is 5.64. The molecule has 1 N–H and O–H groups in total. The van der Waals surface area contributed by atoms with Crippen molar-refractivity contribution in [2.75, 3.05) is 46.8 Å². The van der Waals surface area contributed by atoms with Crippen LogP contribution in [0.2, 0.25) is 0 Å². The molecule has 8 rings (SSSR count). The van der Waals surface area contributed by atoms with Crippen molar-refractivity contribution in [3.8, 4) is 45.8 Å². The zero-order chi connectivity index (χ0) is 33.4. The standard InChI is InChI=1S/C19H21N3O3.C18H19N3O3/c1-23-10-11-24-16-6-4-15(5-7-16)17-12-22-18(20-17)8-9-19(21-22)25-13-14-2-3-14;22-9-10-23-15-5-3-14(4-6-15)16-11-21-17(19-16)7-8-18(20-21)24-12-13-1-2-13/h4-9,12,14H,2-3,10-11,13H2,1H3;3-8,11,13,22H,1-2,9-10,12H2. The number of benzene rings is 2. The minimum Gasteiger partial charge on any atom is -0.491 e. The van der Waals surface area contributed by atoms with Crippen LogP contribution < -0.4 is 18.9 Å². The van der Waals surface area contributed by atoms with Crippen LogP contribution in [0.5, 0.6) is 23.3 Å². The largest absolute Gasteiger partial charge is 0.491 e. The van der Waals surface area contributed by atoms with E-state index >= 15 is 0 Å². The molecule has 4 heterocycles. The lowest BCUT2D eigenvalue weighted by Gasteiger charge is -2.05. The number of aromatic nitrogens is 6. The van der Waals surface area contributed by atoms with Crippen LogP contribution in [0.1, 0.15) is 25.7 Å². The molecule has 12 nitrogen and oxygen atoms in total. The van der Waals surface area contributed by atoms with E-state index in [0.29, 0.717) is 43.4 Å². The molecule has 6 aromatic rings. The van der Waals surface area contributed by atoms with Gasteiger partial charge in [0.2, 0.25) is 11.8 Å². The van der Waals surface area contributed by atoms with Gasteiger partial charge >= 0.3 is 0 Å². The van der Waals surface area contributed by atoms with Crippen LogP contribution in [-0.4, -0.2) is 81.1 Å². The molecule has 2 aliphatic carbocycles. The molecular weight excluding hydrogens is 624 g/mol. The summed E-state index contributed by atoms with van der Waals surface area (Å²) in [7, 11) is 1.66. The summed E-state index contributed by atoms with van der Waals surface area (Å²) in [4.78, 5) is 9.21. The van der Waals surface area contributed by atoms with Crippen LogP contribution in [-0.2, 0) is 4.74 Å². The first kappa shape index (κ1) is 32.4. The fourth-order valence-corrected chi connectivity index (χ4v) is 4.99. The van der Waals surface area contributed by atoms with E-state index in [4.69, 9.17) is 28.8 Å². The van der Waals surface area contributed by atoms with Crippen LogP contribution in [0.15, 0.2) is 85.2 Å². The van der Waals surface area contributed by atoms with Crippen LogP contribution in [0.25, 0.3) is 33.8 Å². The number of nitrogens with zero attached hydrogens (tertiary/aromatic N) is 6. The van der Waals surface area contributed by atoms with Crippen molar-refractivity contribution in [3.05, 3.63) is 85.2 Å². The Morgan fingerprint density at radius 3 is 1.49 bits per heavy atom. The lowest BCUT2D eigenvalue weighted by molar-refractivity contribution is 0.146. The summed E-state index contributed by atoms with van der Waals surface area (Å²) < 4.78 is 30.9. The second-order valence-corrected chi connectivity index (χ2v) is 12.2. The van der Waals surface area contributed by atoms with Crippen molar-refractivity contribution >= 4 is 11.3 Å². The zero-order valence-electron chi connectivity index (χ0n) is 27.5. The fourth-order valence-electron chi connectivity index (χ4n) is 4.99. The van der Waals surface area contributed by atoms with E-state index in [0.717, 1.165) is 58.5 Å². The van der Waals surface area contributed by atoms with Gasteiger partial charge in [-0.25, -0.2) is 19.0 Å². The maximum absolute atomic E-state index is 8.78. The molecule has 2 aliphatic rings. The zero-order valence-corrected chi connectivity index (χ0v) is 27.5. The molecule has 12 heteroatoms. The van der Waals surface area contributed by atoms with E-state index in [1.807, 2.05) is 85.2 Å². The van der Waals surface area contributed by atoms with Gasteiger partial charge in [0.25, 0.3) is 0 Å². The number of ether oxygens (including phenoxy) is 5. The van der Waals surface area contributed by atoms with Gasteiger partial charge in [-0.05, 0) is 98.2 Å². The number of hydrogen-bond acceptors (Lipinski definition) is 10. The molecule has 0 unspecified atom stereocenters. The topological polar surface area (TPSA) is 127 Å². The molecule has 0 bridgehead atoms. The highest BCUT2D eigenvalue weighted by Crippen LogP contribution is 2.30. The fraction of sp³-hybridized carbons (Fsp3) is 0.351. The smallest absolute Gasteiger partial charge is 0.231 e. The summed E-state index contributed by atoms with van der Waals surface area (Å²) in [5.74, 6) is 4.23. The van der Waals surface area contributed by atoms with Gasteiger partial charge in [-0.3, -0.25) is 0 Å². The quantitative estimate of drug-likeness (QED) is 0.135. The Balaban J connectivity index is 0.000000154. The lowest BCUT2D eigenvalue weighted by atomic mass is 10.2. The van der Waals surface area contributed by atoms with Crippen molar-refractivity contribution in [1.82, 2.24) is 29.2 Å². The molecule has 0 saturated heterocycles. The van der Waals surface area contributed by atoms with Crippen LogP contribution in [0, 0.1) is 11.8 Å². The highest BCUT2D eigenvalue weighted by Gasteiger charge is 2.23. The number of aliphatic hydroxyl groups excluding tert-OH is 1. The Labute approximate surface area is 284 Å². The average molecular weight is 665 g/mol. The van der Waals surface area contributed by atoms with Gasteiger partial charge in [0, 0.05) is 30.4 Å². The van der Waals surface area contributed by atoms with Gasteiger partial charge in [-0.2, -0.15) is 0 Å². The molecule has 0 radical (unpaired) electrons. The maximum atomic E-state index is 8.78. The molecule has 0 aliphatic heterocycles. The molecule has 0 amide bonds. The Hall–Kier alpha value is -5.20. The van der Waals surface area contributed by atoms with E-state index in [1.165, 1.54) is 25.7 Å². The highest BCUT2D eigenvalue weighted by atomic mass is 16.5. The van der Waals surface area contributed by atoms with Gasteiger partial charge in [-0.15, -0.1) is 10.2 Å². The number of hydrogen-bond donors (Lipinski definition) is 1. The number of aliphatic hydroxyl groups is 1. The number of methoxy groups -OCH3 is 1. The average Bonchev–Trinajstić information content (AvgIpc) is 4.07. The summed E-state index contributed by atoms with van der Waals surface area (Å²) >= 11 is 0. The third-order valence-corrected chi connectivity index (χ3v) is 8.14. The van der Waals surface area contributed by atoms with Crippen LogP contribution >= 0.6 is 0 Å². The summed E-state index contributed by atoms with van der Waals surface area (Å²) in [5, 5.41) is 17.7. The van der Waals surface area contributed by atoms with Gasteiger partial charge in [-0.1, -0.05) is 0 Å². The maximum Gasteiger partial charge on any atom is 0.231 e. The molecule has 49 heavy (non-hydrogen) atoms. The van der Waals surface area contributed by atoms with E-state index < -0.39 is 0 Å². The van der Waals surface area contributed by atoms with Gasteiger partial charge in [0.1, 0.15) is 24.7 Å². The molecule has 2 fully saturated rings. The summed E-state index contributed by atoms with van der Waals surface area (Å²) in [6, 6.07) is 23.1.